The molecule has 1 heterocycles. The Bertz CT molecular complexity index is 495. The van der Waals surface area contributed by atoms with Gasteiger partial charge in [-0.1, -0.05) is 55.7 Å². The van der Waals surface area contributed by atoms with Crippen molar-refractivity contribution in [1.82, 2.24) is 0 Å². The van der Waals surface area contributed by atoms with Gasteiger partial charge in [0.2, 0.25) is 0 Å². The fourth-order valence-electron chi connectivity index (χ4n) is 1.90. The fraction of sp³-hybridized carbons (Fsp3) is 0.500. The number of hydrogen-bond acceptors (Lipinski definition) is 3. The van der Waals surface area contributed by atoms with Crippen LogP contribution in [0.4, 0.5) is 5.69 Å². The molecule has 5 heteroatoms. The van der Waals surface area contributed by atoms with E-state index in [-0.39, 0.29) is 5.41 Å². The third kappa shape index (κ3) is 4.04. The van der Waals surface area contributed by atoms with Crippen LogP contribution >= 0.6 is 35.0 Å². The molecule has 0 radical (unpaired) electrons. The second-order valence-corrected chi connectivity index (χ2v) is 7.61. The molecule has 0 aliphatic carbocycles. The molecule has 1 aromatic carbocycles. The van der Waals surface area contributed by atoms with Crippen LogP contribution in [-0.4, -0.2) is 17.0 Å². The summed E-state index contributed by atoms with van der Waals surface area (Å²) in [4.78, 5) is 4.79. The smallest absolute Gasteiger partial charge is 0.161 e. The molecule has 19 heavy (non-hydrogen) atoms. The number of nitrogens with zero attached hydrogens (tertiary/aromatic N) is 1. The number of anilines is 1. The molecule has 0 saturated heterocycles. The lowest BCUT2D eigenvalue weighted by Crippen LogP contribution is -2.30. The standard InChI is InChI=1S/C14H18Cl2N2S/c1-14(2,3)12-6-7-19-13(18-12)17-9-4-5-10(15)11(16)8-9/h4-5,8,12H,6-7H2,1-3H3,(H,17,18). The molecule has 0 amide bonds. The second-order valence-electron chi connectivity index (χ2n) is 5.71. The van der Waals surface area contributed by atoms with Gasteiger partial charge in [-0.25, -0.2) is 0 Å². The highest BCUT2D eigenvalue weighted by Crippen LogP contribution is 2.32. The predicted octanol–water partition coefficient (Wildman–Crippen LogP) is 5.31. The van der Waals surface area contributed by atoms with Gasteiger partial charge in [0.1, 0.15) is 0 Å². The summed E-state index contributed by atoms with van der Waals surface area (Å²) in [6.45, 7) is 6.69. The highest BCUT2D eigenvalue weighted by atomic mass is 35.5. The molecule has 1 N–H and O–H groups in total. The zero-order chi connectivity index (χ0) is 14.0. The summed E-state index contributed by atoms with van der Waals surface area (Å²) in [6, 6.07) is 5.90. The van der Waals surface area contributed by atoms with Crippen molar-refractivity contribution in [3.05, 3.63) is 28.2 Å². The van der Waals surface area contributed by atoms with E-state index in [4.69, 9.17) is 28.2 Å². The molecule has 2 nitrogen and oxygen atoms in total. The number of nitrogens with one attached hydrogen (secondary N) is 1. The third-order valence-electron chi connectivity index (χ3n) is 3.07. The molecule has 2 rings (SSSR count). The van der Waals surface area contributed by atoms with Crippen LogP contribution in [0.1, 0.15) is 27.2 Å². The van der Waals surface area contributed by atoms with E-state index < -0.39 is 0 Å². The lowest BCUT2D eigenvalue weighted by atomic mass is 9.85. The molecule has 0 bridgehead atoms. The number of halogens is 2. The van der Waals surface area contributed by atoms with E-state index in [0.29, 0.717) is 16.1 Å². The van der Waals surface area contributed by atoms with Gasteiger partial charge in [-0.15, -0.1) is 0 Å². The molecular weight excluding hydrogens is 299 g/mol. The number of aliphatic imine (C=N–C) groups is 1. The highest BCUT2D eigenvalue weighted by molar-refractivity contribution is 8.14. The Morgan fingerprint density at radius 3 is 2.63 bits per heavy atom. The van der Waals surface area contributed by atoms with Crippen molar-refractivity contribution in [3.63, 3.8) is 0 Å². The van der Waals surface area contributed by atoms with Gasteiger partial charge < -0.3 is 5.32 Å². The predicted molar refractivity (Wildman–Crippen MR) is 87.8 cm³/mol. The van der Waals surface area contributed by atoms with Crippen molar-refractivity contribution in [3.8, 4) is 0 Å². The molecular formula is C14H18Cl2N2S. The normalized spacial score (nSPS) is 20.1. The molecule has 104 valence electrons. The maximum atomic E-state index is 6.01. The fourth-order valence-corrected chi connectivity index (χ4v) is 3.13. The minimum absolute atomic E-state index is 0.200. The first-order chi connectivity index (χ1) is 8.86. The van der Waals surface area contributed by atoms with Gasteiger partial charge in [-0.3, -0.25) is 4.99 Å². The van der Waals surface area contributed by atoms with Crippen molar-refractivity contribution in [2.75, 3.05) is 11.1 Å². The lowest BCUT2D eigenvalue weighted by Gasteiger charge is -2.31. The van der Waals surface area contributed by atoms with Crippen LogP contribution in [0, 0.1) is 5.41 Å². The average molecular weight is 317 g/mol. The summed E-state index contributed by atoms with van der Waals surface area (Å²) in [5.41, 5.74) is 1.13. The van der Waals surface area contributed by atoms with Gasteiger partial charge in [0.05, 0.1) is 16.1 Å². The number of rotatable bonds is 1. The first-order valence-electron chi connectivity index (χ1n) is 6.29. The number of thioether (sulfide) groups is 1. The molecule has 0 fully saturated rings. The summed E-state index contributed by atoms with van der Waals surface area (Å²) in [7, 11) is 0. The van der Waals surface area contributed by atoms with Crippen molar-refractivity contribution in [2.24, 2.45) is 10.4 Å². The van der Waals surface area contributed by atoms with Crippen molar-refractivity contribution in [2.45, 2.75) is 33.2 Å². The van der Waals surface area contributed by atoms with Crippen molar-refractivity contribution >= 4 is 45.8 Å². The Balaban J connectivity index is 2.14. The number of amidine groups is 1. The summed E-state index contributed by atoms with van der Waals surface area (Å²) in [6.07, 6.45) is 1.13. The molecule has 1 aliphatic rings. The monoisotopic (exact) mass is 316 g/mol. The first kappa shape index (κ1) is 15.0. The zero-order valence-corrected chi connectivity index (χ0v) is 13.7. The Labute approximate surface area is 129 Å². The van der Waals surface area contributed by atoms with Gasteiger partial charge in [0, 0.05) is 11.4 Å². The van der Waals surface area contributed by atoms with Gasteiger partial charge in [0.15, 0.2) is 5.17 Å². The van der Waals surface area contributed by atoms with Crippen LogP contribution in [0.25, 0.3) is 0 Å². The van der Waals surface area contributed by atoms with Gasteiger partial charge >= 0.3 is 0 Å². The summed E-state index contributed by atoms with van der Waals surface area (Å²) in [5, 5.41) is 5.41. The van der Waals surface area contributed by atoms with E-state index in [1.54, 1.807) is 17.8 Å². The van der Waals surface area contributed by atoms with Gasteiger partial charge in [-0.05, 0) is 30.0 Å². The van der Waals surface area contributed by atoms with E-state index in [2.05, 4.69) is 26.1 Å². The van der Waals surface area contributed by atoms with E-state index in [1.165, 1.54) is 0 Å². The molecule has 1 aliphatic heterocycles. The maximum Gasteiger partial charge on any atom is 0.161 e. The SMILES string of the molecule is CC(C)(C)C1CCSC(Nc2ccc(Cl)c(Cl)c2)=N1. The van der Waals surface area contributed by atoms with E-state index >= 15 is 0 Å². The van der Waals surface area contributed by atoms with Crippen LogP contribution in [0.2, 0.25) is 10.0 Å². The van der Waals surface area contributed by atoms with Crippen LogP contribution in [0.5, 0.6) is 0 Å². The largest absolute Gasteiger partial charge is 0.335 e. The number of benzene rings is 1. The minimum Gasteiger partial charge on any atom is -0.335 e. The molecule has 0 spiro atoms. The second kappa shape index (κ2) is 5.94. The van der Waals surface area contributed by atoms with E-state index in [1.807, 2.05) is 12.1 Å². The van der Waals surface area contributed by atoms with E-state index in [9.17, 15) is 0 Å². The zero-order valence-electron chi connectivity index (χ0n) is 11.3. The molecule has 1 aromatic rings. The van der Waals surface area contributed by atoms with E-state index in [0.717, 1.165) is 23.0 Å². The summed E-state index contributed by atoms with van der Waals surface area (Å²) in [5.74, 6) is 1.09. The molecule has 1 unspecified atom stereocenters. The molecule has 1 atom stereocenters. The van der Waals surface area contributed by atoms with Crippen LogP contribution in [0.15, 0.2) is 23.2 Å². The summed E-state index contributed by atoms with van der Waals surface area (Å²) >= 11 is 13.7. The van der Waals surface area contributed by atoms with Crippen LogP contribution < -0.4 is 5.32 Å². The summed E-state index contributed by atoms with van der Waals surface area (Å²) < 4.78 is 0. The third-order valence-corrected chi connectivity index (χ3v) is 4.73. The topological polar surface area (TPSA) is 24.4 Å². The van der Waals surface area contributed by atoms with Crippen LogP contribution in [0.3, 0.4) is 0 Å². The minimum atomic E-state index is 0.200. The Hall–Kier alpha value is -0.380. The molecule has 0 aromatic heterocycles. The maximum absolute atomic E-state index is 6.01. The Morgan fingerprint density at radius 2 is 2.00 bits per heavy atom. The van der Waals surface area contributed by atoms with Crippen LogP contribution in [-0.2, 0) is 0 Å². The Kier molecular flexibility index (Phi) is 4.70. The lowest BCUT2D eigenvalue weighted by molar-refractivity contribution is 0.316. The van der Waals surface area contributed by atoms with Crippen molar-refractivity contribution < 1.29 is 0 Å². The quantitative estimate of drug-likeness (QED) is 0.759. The highest BCUT2D eigenvalue weighted by Gasteiger charge is 2.27. The van der Waals surface area contributed by atoms with Gasteiger partial charge in [-0.2, -0.15) is 0 Å². The van der Waals surface area contributed by atoms with Crippen molar-refractivity contribution in [1.29, 1.82) is 0 Å². The number of hydrogen-bond donors (Lipinski definition) is 1. The first-order valence-corrected chi connectivity index (χ1v) is 8.03. The average Bonchev–Trinajstić information content (AvgIpc) is 2.33. The van der Waals surface area contributed by atoms with Gasteiger partial charge in [0.25, 0.3) is 0 Å². The Morgan fingerprint density at radius 1 is 1.26 bits per heavy atom. The molecule has 0 saturated carbocycles.